The summed E-state index contributed by atoms with van der Waals surface area (Å²) in [4.78, 5) is 6.64. The van der Waals surface area contributed by atoms with Crippen LogP contribution in [0.4, 0.5) is 0 Å². The quantitative estimate of drug-likeness (QED) is 0.375. The zero-order valence-corrected chi connectivity index (χ0v) is 18.6. The van der Waals surface area contributed by atoms with E-state index in [2.05, 4.69) is 41.3 Å². The molecule has 25 heavy (non-hydrogen) atoms. The first-order valence-electron chi connectivity index (χ1n) is 8.87. The molecule has 6 heteroatoms. The summed E-state index contributed by atoms with van der Waals surface area (Å²) in [7, 11) is 3.95. The lowest BCUT2D eigenvalue weighted by atomic mass is 9.74. The van der Waals surface area contributed by atoms with Crippen molar-refractivity contribution in [1.29, 1.82) is 0 Å². The predicted molar refractivity (Wildman–Crippen MR) is 117 cm³/mol. The van der Waals surface area contributed by atoms with Gasteiger partial charge < -0.3 is 15.0 Å². The Bertz CT molecular complexity index is 547. The van der Waals surface area contributed by atoms with Crippen molar-refractivity contribution < 1.29 is 4.74 Å². The molecule has 0 aliphatic carbocycles. The average Bonchev–Trinajstić information content (AvgIpc) is 2.61. The van der Waals surface area contributed by atoms with Gasteiger partial charge in [0.2, 0.25) is 0 Å². The summed E-state index contributed by atoms with van der Waals surface area (Å²) >= 11 is 6.24. The Hall–Kier alpha value is -0.530. The molecule has 1 fully saturated rings. The fourth-order valence-corrected chi connectivity index (χ4v) is 3.47. The molecular weight excluding hydrogens is 449 g/mol. The highest BCUT2D eigenvalue weighted by molar-refractivity contribution is 14.0. The summed E-state index contributed by atoms with van der Waals surface area (Å²) in [5, 5.41) is 4.38. The number of nitrogens with zero attached hydrogens (tertiary/aromatic N) is 2. The number of unbranched alkanes of at least 4 members (excludes halogenated alkanes) is 1. The van der Waals surface area contributed by atoms with Gasteiger partial charge in [-0.1, -0.05) is 37.1 Å². The Morgan fingerprint density at radius 1 is 1.36 bits per heavy atom. The maximum Gasteiger partial charge on any atom is 0.193 e. The third-order valence-corrected chi connectivity index (χ3v) is 5.13. The average molecular weight is 480 g/mol. The van der Waals surface area contributed by atoms with Gasteiger partial charge in [0.05, 0.1) is 0 Å². The van der Waals surface area contributed by atoms with Crippen molar-refractivity contribution in [1.82, 2.24) is 10.2 Å². The van der Waals surface area contributed by atoms with E-state index >= 15 is 0 Å². The van der Waals surface area contributed by atoms with Crippen LogP contribution in [0.5, 0.6) is 0 Å². The van der Waals surface area contributed by atoms with E-state index in [1.165, 1.54) is 18.4 Å². The number of hydrogen-bond acceptors (Lipinski definition) is 2. The minimum atomic E-state index is 0. The molecule has 2 rings (SSSR count). The molecule has 1 saturated heterocycles. The SMILES string of the molecule is CCCCN(C)C(=NC)NCC1(c2cccc(Cl)c2)CCOCC1.I. The molecule has 1 aliphatic rings. The summed E-state index contributed by atoms with van der Waals surface area (Å²) < 4.78 is 5.61. The maximum absolute atomic E-state index is 6.24. The van der Waals surface area contributed by atoms with Crippen LogP contribution in [0.3, 0.4) is 0 Å². The number of aliphatic imine (C=N–C) groups is 1. The van der Waals surface area contributed by atoms with Gasteiger partial charge >= 0.3 is 0 Å². The molecule has 0 radical (unpaired) electrons. The van der Waals surface area contributed by atoms with Crippen LogP contribution in [0.25, 0.3) is 0 Å². The molecule has 4 nitrogen and oxygen atoms in total. The number of benzene rings is 1. The molecule has 0 aromatic heterocycles. The zero-order valence-electron chi connectivity index (χ0n) is 15.6. The van der Waals surface area contributed by atoms with E-state index in [0.717, 1.165) is 50.1 Å². The van der Waals surface area contributed by atoms with Crippen molar-refractivity contribution in [3.63, 3.8) is 0 Å². The lowest BCUT2D eigenvalue weighted by molar-refractivity contribution is 0.0512. The number of rotatable bonds is 6. The molecule has 0 bridgehead atoms. The molecule has 1 N–H and O–H groups in total. The highest BCUT2D eigenvalue weighted by Crippen LogP contribution is 2.35. The molecule has 1 aromatic carbocycles. The first-order valence-corrected chi connectivity index (χ1v) is 9.24. The fourth-order valence-electron chi connectivity index (χ4n) is 3.28. The topological polar surface area (TPSA) is 36.9 Å². The summed E-state index contributed by atoms with van der Waals surface area (Å²) in [6, 6.07) is 8.25. The van der Waals surface area contributed by atoms with Gasteiger partial charge in [0.1, 0.15) is 0 Å². The number of hydrogen-bond donors (Lipinski definition) is 1. The molecule has 0 saturated carbocycles. The minimum Gasteiger partial charge on any atom is -0.381 e. The zero-order chi connectivity index (χ0) is 17.4. The van der Waals surface area contributed by atoms with Gasteiger partial charge in [-0.3, -0.25) is 4.99 Å². The van der Waals surface area contributed by atoms with E-state index < -0.39 is 0 Å². The number of halogens is 2. The molecular formula is C19H31ClIN3O. The predicted octanol–water partition coefficient (Wildman–Crippen LogP) is 4.31. The van der Waals surface area contributed by atoms with Gasteiger partial charge in [-0.05, 0) is 37.0 Å². The van der Waals surface area contributed by atoms with Crippen LogP contribution in [0, 0.1) is 0 Å². The van der Waals surface area contributed by atoms with Crippen LogP contribution >= 0.6 is 35.6 Å². The second kappa shape index (κ2) is 11.2. The van der Waals surface area contributed by atoms with Crippen molar-refractivity contribution in [2.75, 3.05) is 40.4 Å². The van der Waals surface area contributed by atoms with Gasteiger partial charge in [0.15, 0.2) is 5.96 Å². The van der Waals surface area contributed by atoms with Gasteiger partial charge in [-0.2, -0.15) is 0 Å². The first-order chi connectivity index (χ1) is 11.6. The number of nitrogens with one attached hydrogen (secondary N) is 1. The number of guanidine groups is 1. The Morgan fingerprint density at radius 2 is 2.08 bits per heavy atom. The van der Waals surface area contributed by atoms with E-state index in [4.69, 9.17) is 16.3 Å². The summed E-state index contributed by atoms with van der Waals surface area (Å²) in [5.74, 6) is 0.955. The third kappa shape index (κ3) is 6.29. The van der Waals surface area contributed by atoms with Crippen LogP contribution in [0.1, 0.15) is 38.2 Å². The van der Waals surface area contributed by atoms with Crippen molar-refractivity contribution >= 4 is 41.5 Å². The van der Waals surface area contributed by atoms with E-state index in [1.54, 1.807) is 0 Å². The summed E-state index contributed by atoms with van der Waals surface area (Å²) in [6.07, 6.45) is 4.35. The molecule has 0 spiro atoms. The van der Waals surface area contributed by atoms with Crippen LogP contribution in [-0.4, -0.2) is 51.3 Å². The smallest absolute Gasteiger partial charge is 0.193 e. The highest BCUT2D eigenvalue weighted by Gasteiger charge is 2.35. The fraction of sp³-hybridized carbons (Fsp3) is 0.632. The molecule has 1 heterocycles. The highest BCUT2D eigenvalue weighted by atomic mass is 127. The van der Waals surface area contributed by atoms with Crippen molar-refractivity contribution in [2.24, 2.45) is 4.99 Å². The first kappa shape index (κ1) is 22.5. The standard InChI is InChI=1S/C19H30ClN3O.HI/c1-4-5-11-23(3)18(21-2)22-15-19(9-12-24-13-10-19)16-7-6-8-17(20)14-16;/h6-8,14H,4-5,9-13,15H2,1-3H3,(H,21,22);1H. The molecule has 1 aliphatic heterocycles. The van der Waals surface area contributed by atoms with E-state index in [9.17, 15) is 0 Å². The van der Waals surface area contributed by atoms with Crippen molar-refractivity contribution in [3.8, 4) is 0 Å². The van der Waals surface area contributed by atoms with Crippen LogP contribution in [0.15, 0.2) is 29.3 Å². The van der Waals surface area contributed by atoms with Crippen molar-refractivity contribution in [3.05, 3.63) is 34.9 Å². The number of ether oxygens (including phenoxy) is 1. The van der Waals surface area contributed by atoms with E-state index in [-0.39, 0.29) is 29.4 Å². The summed E-state index contributed by atoms with van der Waals surface area (Å²) in [6.45, 7) is 5.65. The van der Waals surface area contributed by atoms with Crippen LogP contribution in [0.2, 0.25) is 5.02 Å². The second-order valence-corrected chi connectivity index (χ2v) is 7.02. The molecule has 0 unspecified atom stereocenters. The van der Waals surface area contributed by atoms with E-state index in [1.807, 2.05) is 19.2 Å². The minimum absolute atomic E-state index is 0. The van der Waals surface area contributed by atoms with Crippen LogP contribution in [-0.2, 0) is 10.2 Å². The van der Waals surface area contributed by atoms with Gasteiger partial charge in [0.25, 0.3) is 0 Å². The maximum atomic E-state index is 6.24. The molecule has 142 valence electrons. The lowest BCUT2D eigenvalue weighted by Gasteiger charge is -2.39. The van der Waals surface area contributed by atoms with Gasteiger partial charge in [0, 0.05) is 50.8 Å². The Balaban J connectivity index is 0.00000312. The van der Waals surface area contributed by atoms with E-state index in [0.29, 0.717) is 0 Å². The lowest BCUT2D eigenvalue weighted by Crippen LogP contribution is -2.48. The molecule has 0 amide bonds. The second-order valence-electron chi connectivity index (χ2n) is 6.58. The Labute approximate surface area is 174 Å². The Morgan fingerprint density at radius 3 is 2.68 bits per heavy atom. The largest absolute Gasteiger partial charge is 0.381 e. The third-order valence-electron chi connectivity index (χ3n) is 4.89. The Kier molecular flexibility index (Phi) is 10.1. The van der Waals surface area contributed by atoms with Crippen LogP contribution < -0.4 is 5.32 Å². The normalized spacial score (nSPS) is 16.9. The van der Waals surface area contributed by atoms with Gasteiger partial charge in [-0.25, -0.2) is 0 Å². The molecule has 1 aromatic rings. The molecule has 0 atom stereocenters. The van der Waals surface area contributed by atoms with Gasteiger partial charge in [-0.15, -0.1) is 24.0 Å². The van der Waals surface area contributed by atoms with Crippen molar-refractivity contribution in [2.45, 2.75) is 38.0 Å². The summed E-state index contributed by atoms with van der Waals surface area (Å²) in [5.41, 5.74) is 1.34. The monoisotopic (exact) mass is 479 g/mol.